The Labute approximate surface area is 230 Å². The van der Waals surface area contributed by atoms with E-state index in [0.29, 0.717) is 5.56 Å². The first kappa shape index (κ1) is 29.0. The molecule has 0 spiro atoms. The normalized spacial score (nSPS) is 29.4. The van der Waals surface area contributed by atoms with Crippen LogP contribution in [0.1, 0.15) is 62.3 Å². The third kappa shape index (κ3) is 5.63. The van der Waals surface area contributed by atoms with E-state index in [1.807, 2.05) is 0 Å². The van der Waals surface area contributed by atoms with E-state index in [4.69, 9.17) is 16.3 Å². The molecule has 0 radical (unpaired) electrons. The average Bonchev–Trinajstić information content (AvgIpc) is 3.15. The van der Waals surface area contributed by atoms with E-state index in [2.05, 4.69) is 10.4 Å². The number of hydrogen-bond acceptors (Lipinski definition) is 5. The smallest absolute Gasteiger partial charge is 0.418 e. The minimum absolute atomic E-state index is 0.0595. The molecule has 1 aromatic heterocycles. The lowest BCUT2D eigenvalue weighted by Crippen LogP contribution is -2.53. The van der Waals surface area contributed by atoms with Gasteiger partial charge in [0, 0.05) is 17.5 Å². The third-order valence-electron chi connectivity index (χ3n) is 7.68. The molecule has 13 heteroatoms. The number of piperidine rings is 1. The highest BCUT2D eigenvalue weighted by Crippen LogP contribution is 2.46. The Morgan fingerprint density at radius 3 is 2.25 bits per heavy atom. The molecular formula is C27H28ClF6N3O3. The Hall–Kier alpha value is -2.54. The lowest BCUT2D eigenvalue weighted by Gasteiger charge is -2.41. The highest BCUT2D eigenvalue weighted by Gasteiger charge is 2.44. The summed E-state index contributed by atoms with van der Waals surface area (Å²) in [6.07, 6.45) is -8.48. The molecule has 3 aromatic rings. The summed E-state index contributed by atoms with van der Waals surface area (Å²) in [5.74, 6) is -0.0972. The summed E-state index contributed by atoms with van der Waals surface area (Å²) in [6, 6.07) is 5.35. The SMILES string of the molecule is C[C@H]1CC(O)(c2ccc(C(F)(F)F)cc2)C[C@@H](COc2cc(C(F)(F)F)c3c(c2)c(Cl)nn3C2CC(C)(O)C2)N1. The van der Waals surface area contributed by atoms with Gasteiger partial charge in [-0.1, -0.05) is 23.7 Å². The van der Waals surface area contributed by atoms with Gasteiger partial charge in [0.05, 0.1) is 33.9 Å². The largest absolute Gasteiger partial charge is 0.492 e. The Morgan fingerprint density at radius 1 is 1.02 bits per heavy atom. The van der Waals surface area contributed by atoms with Crippen molar-refractivity contribution < 1.29 is 41.3 Å². The Kier molecular flexibility index (Phi) is 7.08. The third-order valence-corrected chi connectivity index (χ3v) is 7.96. The fourth-order valence-corrected chi connectivity index (χ4v) is 6.15. The zero-order valence-electron chi connectivity index (χ0n) is 21.6. The molecule has 2 heterocycles. The summed E-state index contributed by atoms with van der Waals surface area (Å²) in [5, 5.41) is 28.7. The number of aromatic nitrogens is 2. The average molecular weight is 592 g/mol. The maximum absolute atomic E-state index is 14.2. The quantitative estimate of drug-likeness (QED) is 0.307. The molecule has 5 rings (SSSR count). The van der Waals surface area contributed by atoms with Crippen molar-refractivity contribution in [3.63, 3.8) is 0 Å². The van der Waals surface area contributed by atoms with Gasteiger partial charge < -0.3 is 20.3 Å². The second kappa shape index (κ2) is 9.78. The van der Waals surface area contributed by atoms with E-state index < -0.39 is 46.8 Å². The van der Waals surface area contributed by atoms with Crippen molar-refractivity contribution in [1.29, 1.82) is 0 Å². The van der Waals surface area contributed by atoms with Gasteiger partial charge in [0.1, 0.15) is 12.4 Å². The van der Waals surface area contributed by atoms with E-state index in [0.717, 1.165) is 18.2 Å². The van der Waals surface area contributed by atoms with Crippen LogP contribution >= 0.6 is 11.6 Å². The molecule has 0 bridgehead atoms. The lowest BCUT2D eigenvalue weighted by atomic mass is 9.77. The van der Waals surface area contributed by atoms with Gasteiger partial charge in [0.25, 0.3) is 0 Å². The predicted molar refractivity (Wildman–Crippen MR) is 135 cm³/mol. The second-order valence-corrected chi connectivity index (χ2v) is 11.6. The van der Waals surface area contributed by atoms with Crippen molar-refractivity contribution in [3.05, 3.63) is 58.2 Å². The molecule has 1 aliphatic carbocycles. The first-order valence-electron chi connectivity index (χ1n) is 12.8. The number of nitrogens with zero attached hydrogens (tertiary/aromatic N) is 2. The Bertz CT molecular complexity index is 1400. The molecule has 3 atom stereocenters. The number of halogens is 7. The summed E-state index contributed by atoms with van der Waals surface area (Å²) in [6.45, 7) is 3.28. The summed E-state index contributed by atoms with van der Waals surface area (Å²) >= 11 is 6.25. The van der Waals surface area contributed by atoms with E-state index in [1.165, 1.54) is 22.9 Å². The monoisotopic (exact) mass is 591 g/mol. The lowest BCUT2D eigenvalue weighted by molar-refractivity contribution is -0.138. The number of nitrogens with one attached hydrogen (secondary N) is 1. The maximum Gasteiger partial charge on any atom is 0.418 e. The molecule has 1 saturated heterocycles. The summed E-state index contributed by atoms with van der Waals surface area (Å²) in [5.41, 5.74) is -4.12. The zero-order valence-corrected chi connectivity index (χ0v) is 22.3. The van der Waals surface area contributed by atoms with Gasteiger partial charge in [-0.15, -0.1) is 0 Å². The molecule has 218 valence electrons. The van der Waals surface area contributed by atoms with E-state index in [9.17, 15) is 36.6 Å². The molecule has 3 N–H and O–H groups in total. The number of benzene rings is 2. The van der Waals surface area contributed by atoms with Gasteiger partial charge in [-0.25, -0.2) is 0 Å². The molecule has 6 nitrogen and oxygen atoms in total. The Morgan fingerprint density at radius 2 is 1.68 bits per heavy atom. The van der Waals surface area contributed by atoms with Gasteiger partial charge in [0.2, 0.25) is 0 Å². The number of alkyl halides is 6. The fraction of sp³-hybridized carbons (Fsp3) is 0.519. The minimum atomic E-state index is -4.74. The van der Waals surface area contributed by atoms with Crippen molar-refractivity contribution in [2.45, 2.75) is 81.2 Å². The van der Waals surface area contributed by atoms with E-state index in [-0.39, 0.29) is 60.1 Å². The van der Waals surface area contributed by atoms with Gasteiger partial charge >= 0.3 is 12.4 Å². The Balaban J connectivity index is 1.38. The first-order valence-corrected chi connectivity index (χ1v) is 13.1. The number of ether oxygens (including phenoxy) is 1. The number of rotatable bonds is 5. The molecule has 2 aliphatic rings. The van der Waals surface area contributed by atoms with Crippen LogP contribution < -0.4 is 10.1 Å². The van der Waals surface area contributed by atoms with Gasteiger partial charge in [-0.2, -0.15) is 31.4 Å². The van der Waals surface area contributed by atoms with Crippen LogP contribution in [0.3, 0.4) is 0 Å². The van der Waals surface area contributed by atoms with Crippen LogP contribution in [-0.4, -0.2) is 44.3 Å². The fourth-order valence-electron chi connectivity index (χ4n) is 5.93. The van der Waals surface area contributed by atoms with Crippen LogP contribution in [0.15, 0.2) is 36.4 Å². The van der Waals surface area contributed by atoms with Crippen molar-refractivity contribution >= 4 is 22.5 Å². The zero-order chi connectivity index (χ0) is 29.3. The highest BCUT2D eigenvalue weighted by molar-refractivity contribution is 6.34. The van der Waals surface area contributed by atoms with Crippen LogP contribution in [0.4, 0.5) is 26.3 Å². The maximum atomic E-state index is 14.2. The first-order chi connectivity index (χ1) is 18.5. The summed E-state index contributed by atoms with van der Waals surface area (Å²) in [4.78, 5) is 0. The van der Waals surface area contributed by atoms with Crippen LogP contribution in [-0.2, 0) is 18.0 Å². The molecule has 1 aliphatic heterocycles. The molecule has 0 amide bonds. The van der Waals surface area contributed by atoms with Crippen LogP contribution in [0.5, 0.6) is 5.75 Å². The number of aliphatic hydroxyl groups is 2. The molecule has 2 fully saturated rings. The van der Waals surface area contributed by atoms with Gasteiger partial charge in [-0.05, 0) is 69.4 Å². The van der Waals surface area contributed by atoms with Crippen molar-refractivity contribution in [3.8, 4) is 5.75 Å². The molecule has 40 heavy (non-hydrogen) atoms. The minimum Gasteiger partial charge on any atom is -0.492 e. The number of fused-ring (bicyclic) bond motifs is 1. The molecular weight excluding hydrogens is 564 g/mol. The summed E-state index contributed by atoms with van der Waals surface area (Å²) in [7, 11) is 0. The second-order valence-electron chi connectivity index (χ2n) is 11.2. The molecule has 1 unspecified atom stereocenters. The van der Waals surface area contributed by atoms with E-state index in [1.54, 1.807) is 13.8 Å². The molecule has 1 saturated carbocycles. The number of hydrogen-bond donors (Lipinski definition) is 3. The van der Waals surface area contributed by atoms with Crippen molar-refractivity contribution in [2.75, 3.05) is 6.61 Å². The summed E-state index contributed by atoms with van der Waals surface area (Å²) < 4.78 is 88.4. The van der Waals surface area contributed by atoms with Crippen LogP contribution in [0.25, 0.3) is 10.9 Å². The van der Waals surface area contributed by atoms with Crippen molar-refractivity contribution in [2.24, 2.45) is 0 Å². The topological polar surface area (TPSA) is 79.5 Å². The van der Waals surface area contributed by atoms with Crippen LogP contribution in [0, 0.1) is 0 Å². The predicted octanol–water partition coefficient (Wildman–Crippen LogP) is 6.22. The molecule has 2 aromatic carbocycles. The van der Waals surface area contributed by atoms with E-state index >= 15 is 0 Å². The van der Waals surface area contributed by atoms with Crippen LogP contribution in [0.2, 0.25) is 5.15 Å². The van der Waals surface area contributed by atoms with Crippen molar-refractivity contribution in [1.82, 2.24) is 15.1 Å². The van der Waals surface area contributed by atoms with Gasteiger partial charge in [0.15, 0.2) is 5.15 Å². The van der Waals surface area contributed by atoms with Gasteiger partial charge in [-0.3, -0.25) is 4.68 Å². The highest BCUT2D eigenvalue weighted by atomic mass is 35.5. The standard InChI is InChI=1S/C27H28ClF6N3O3/c1-14-9-25(39,15-3-5-16(6-4-15)26(29,30)31)10-17(35-14)13-40-19-7-20-22(21(8-19)27(32,33)34)37(36-23(20)28)18-11-24(2,38)12-18/h3-8,14,17-18,35,38-39H,9-13H2,1-2H3/t14-,17-,18?,24?,25?/m0/s1.